The average Bonchev–Trinajstić information content (AvgIpc) is 2.19. The van der Waals surface area contributed by atoms with Crippen molar-refractivity contribution in [1.82, 2.24) is 4.90 Å². The zero-order chi connectivity index (χ0) is 12.3. The molecule has 2 heteroatoms. The second kappa shape index (κ2) is 4.86. The summed E-state index contributed by atoms with van der Waals surface area (Å²) in [6, 6.07) is 0. The van der Waals surface area contributed by atoms with Crippen LogP contribution in [0.2, 0.25) is 0 Å². The van der Waals surface area contributed by atoms with Crippen LogP contribution in [0.3, 0.4) is 0 Å². The van der Waals surface area contributed by atoms with Gasteiger partial charge in [-0.2, -0.15) is 0 Å². The third-order valence-corrected chi connectivity index (χ3v) is 3.12. The Bertz CT molecular complexity index is 313. The Labute approximate surface area is 99.0 Å². The number of carbonyl (C=O) groups excluding carboxylic acids is 1. The molecule has 0 saturated carbocycles. The number of ketones is 1. The van der Waals surface area contributed by atoms with Crippen LogP contribution in [0.1, 0.15) is 34.1 Å². The predicted octanol–water partition coefficient (Wildman–Crippen LogP) is 3.01. The standard InChI is InChI=1S/C14H23NO/c1-6-13(16)12-10-15(9-11(2)3)8-7-14(12,4)5/h6,10-11H,1,7-9H2,2-5H3. The highest BCUT2D eigenvalue weighted by molar-refractivity contribution is 6.04. The van der Waals surface area contributed by atoms with Crippen LogP contribution in [0, 0.1) is 11.3 Å². The first-order chi connectivity index (χ1) is 7.36. The van der Waals surface area contributed by atoms with Gasteiger partial charge < -0.3 is 4.90 Å². The SMILES string of the molecule is C=CC(=O)C1=CN(CC(C)C)CCC1(C)C. The molecule has 0 atom stereocenters. The van der Waals surface area contributed by atoms with Crippen molar-refractivity contribution in [3.05, 3.63) is 24.4 Å². The van der Waals surface area contributed by atoms with Gasteiger partial charge in [-0.05, 0) is 23.8 Å². The maximum atomic E-state index is 11.8. The molecule has 0 bridgehead atoms. The summed E-state index contributed by atoms with van der Waals surface area (Å²) in [6.45, 7) is 14.3. The van der Waals surface area contributed by atoms with E-state index in [4.69, 9.17) is 0 Å². The van der Waals surface area contributed by atoms with E-state index in [1.54, 1.807) is 0 Å². The molecule has 0 aromatic rings. The normalized spacial score (nSPS) is 19.6. The third-order valence-electron chi connectivity index (χ3n) is 3.12. The molecule has 0 saturated heterocycles. The Balaban J connectivity index is 2.91. The van der Waals surface area contributed by atoms with Gasteiger partial charge >= 0.3 is 0 Å². The summed E-state index contributed by atoms with van der Waals surface area (Å²) >= 11 is 0. The van der Waals surface area contributed by atoms with E-state index in [1.807, 2.05) is 6.20 Å². The molecule has 0 aliphatic carbocycles. The number of carbonyl (C=O) groups is 1. The molecular formula is C14H23NO. The van der Waals surface area contributed by atoms with Crippen LogP contribution in [0.4, 0.5) is 0 Å². The van der Waals surface area contributed by atoms with Crippen molar-refractivity contribution in [3.63, 3.8) is 0 Å². The van der Waals surface area contributed by atoms with Crippen LogP contribution < -0.4 is 0 Å². The van der Waals surface area contributed by atoms with Crippen LogP contribution in [-0.2, 0) is 4.79 Å². The van der Waals surface area contributed by atoms with Crippen LogP contribution >= 0.6 is 0 Å². The fraction of sp³-hybridized carbons (Fsp3) is 0.643. The smallest absolute Gasteiger partial charge is 0.183 e. The minimum atomic E-state index is -0.0151. The van der Waals surface area contributed by atoms with Gasteiger partial charge in [0.2, 0.25) is 0 Å². The van der Waals surface area contributed by atoms with Crippen molar-refractivity contribution < 1.29 is 4.79 Å². The highest BCUT2D eigenvalue weighted by Gasteiger charge is 2.31. The van der Waals surface area contributed by atoms with Gasteiger partial charge in [-0.3, -0.25) is 4.79 Å². The van der Waals surface area contributed by atoms with Crippen LogP contribution in [0.5, 0.6) is 0 Å². The molecule has 0 aromatic carbocycles. The minimum Gasteiger partial charge on any atom is -0.377 e. The lowest BCUT2D eigenvalue weighted by atomic mass is 9.77. The van der Waals surface area contributed by atoms with Gasteiger partial charge in [-0.25, -0.2) is 0 Å². The Morgan fingerprint density at radius 2 is 2.25 bits per heavy atom. The summed E-state index contributed by atoms with van der Waals surface area (Å²) in [7, 11) is 0. The van der Waals surface area contributed by atoms with Crippen LogP contribution in [0.25, 0.3) is 0 Å². The summed E-state index contributed by atoms with van der Waals surface area (Å²) in [5.74, 6) is 0.691. The van der Waals surface area contributed by atoms with Crippen LogP contribution in [0.15, 0.2) is 24.4 Å². The van der Waals surface area contributed by atoms with Crippen molar-refractivity contribution in [2.75, 3.05) is 13.1 Å². The minimum absolute atomic E-state index is 0.0151. The summed E-state index contributed by atoms with van der Waals surface area (Å²) in [6.07, 6.45) is 4.49. The molecule has 90 valence electrons. The summed E-state index contributed by atoms with van der Waals surface area (Å²) in [4.78, 5) is 14.1. The molecule has 0 unspecified atom stereocenters. The lowest BCUT2D eigenvalue weighted by Crippen LogP contribution is -2.36. The molecule has 1 aliphatic rings. The molecule has 2 nitrogen and oxygen atoms in total. The van der Waals surface area contributed by atoms with Crippen molar-refractivity contribution in [3.8, 4) is 0 Å². The first-order valence-electron chi connectivity index (χ1n) is 6.00. The largest absolute Gasteiger partial charge is 0.377 e. The van der Waals surface area contributed by atoms with Crippen molar-refractivity contribution >= 4 is 5.78 Å². The Morgan fingerprint density at radius 3 is 2.75 bits per heavy atom. The molecule has 0 aromatic heterocycles. The number of nitrogens with zero attached hydrogens (tertiary/aromatic N) is 1. The fourth-order valence-corrected chi connectivity index (χ4v) is 2.10. The van der Waals surface area contributed by atoms with Gasteiger partial charge in [0.1, 0.15) is 0 Å². The highest BCUT2D eigenvalue weighted by atomic mass is 16.1. The average molecular weight is 221 g/mol. The number of hydrogen-bond acceptors (Lipinski definition) is 2. The second-order valence-corrected chi connectivity index (χ2v) is 5.63. The maximum Gasteiger partial charge on any atom is 0.183 e. The van der Waals surface area contributed by atoms with Gasteiger partial charge in [-0.1, -0.05) is 34.3 Å². The number of rotatable bonds is 4. The van der Waals surface area contributed by atoms with Crippen molar-refractivity contribution in [1.29, 1.82) is 0 Å². The molecule has 0 N–H and O–H groups in total. The van der Waals surface area contributed by atoms with Crippen molar-refractivity contribution in [2.24, 2.45) is 11.3 Å². The van der Waals surface area contributed by atoms with Gasteiger partial charge in [0.25, 0.3) is 0 Å². The molecule has 16 heavy (non-hydrogen) atoms. The van der Waals surface area contributed by atoms with E-state index in [1.165, 1.54) is 6.08 Å². The Morgan fingerprint density at radius 1 is 1.62 bits per heavy atom. The van der Waals surface area contributed by atoms with Crippen molar-refractivity contribution in [2.45, 2.75) is 34.1 Å². The lowest BCUT2D eigenvalue weighted by molar-refractivity contribution is -0.112. The summed E-state index contributed by atoms with van der Waals surface area (Å²) in [5.41, 5.74) is 0.882. The lowest BCUT2D eigenvalue weighted by Gasteiger charge is -2.37. The molecule has 0 amide bonds. The molecular weight excluding hydrogens is 198 g/mol. The Hall–Kier alpha value is -1.05. The van der Waals surface area contributed by atoms with Gasteiger partial charge in [0, 0.05) is 24.9 Å². The number of allylic oxidation sites excluding steroid dienone is 2. The fourth-order valence-electron chi connectivity index (χ4n) is 2.10. The molecule has 0 radical (unpaired) electrons. The second-order valence-electron chi connectivity index (χ2n) is 5.63. The Kier molecular flexibility index (Phi) is 3.95. The van der Waals surface area contributed by atoms with Gasteiger partial charge in [0.05, 0.1) is 0 Å². The van der Waals surface area contributed by atoms with E-state index in [-0.39, 0.29) is 11.2 Å². The van der Waals surface area contributed by atoms with Gasteiger partial charge in [0.15, 0.2) is 5.78 Å². The zero-order valence-electron chi connectivity index (χ0n) is 10.9. The quantitative estimate of drug-likeness (QED) is 0.680. The van der Waals surface area contributed by atoms with Crippen LogP contribution in [-0.4, -0.2) is 23.8 Å². The zero-order valence-corrected chi connectivity index (χ0v) is 10.9. The monoisotopic (exact) mass is 221 g/mol. The first-order valence-corrected chi connectivity index (χ1v) is 6.00. The van der Waals surface area contributed by atoms with E-state index in [0.717, 1.165) is 25.1 Å². The highest BCUT2D eigenvalue weighted by Crippen LogP contribution is 2.35. The van der Waals surface area contributed by atoms with E-state index < -0.39 is 0 Å². The van der Waals surface area contributed by atoms with E-state index in [2.05, 4.69) is 39.2 Å². The summed E-state index contributed by atoms with van der Waals surface area (Å²) < 4.78 is 0. The predicted molar refractivity (Wildman–Crippen MR) is 68.1 cm³/mol. The molecule has 1 heterocycles. The maximum absolute atomic E-state index is 11.8. The topological polar surface area (TPSA) is 20.3 Å². The molecule has 0 fully saturated rings. The van der Waals surface area contributed by atoms with E-state index in [0.29, 0.717) is 5.92 Å². The third kappa shape index (κ3) is 2.97. The molecule has 1 rings (SSSR count). The number of hydrogen-bond donors (Lipinski definition) is 0. The first kappa shape index (κ1) is 13.0. The molecule has 1 aliphatic heterocycles. The van der Waals surface area contributed by atoms with E-state index >= 15 is 0 Å². The molecule has 0 spiro atoms. The summed E-state index contributed by atoms with van der Waals surface area (Å²) in [5, 5.41) is 0. The van der Waals surface area contributed by atoms with Gasteiger partial charge in [-0.15, -0.1) is 0 Å². The van der Waals surface area contributed by atoms with E-state index in [9.17, 15) is 4.79 Å².